The predicted molar refractivity (Wildman–Crippen MR) is 97.0 cm³/mol. The van der Waals surface area contributed by atoms with Crippen molar-refractivity contribution in [2.24, 2.45) is 0 Å². The number of thiazole rings is 1. The molecule has 1 aromatic carbocycles. The van der Waals surface area contributed by atoms with E-state index in [4.69, 9.17) is 5.73 Å². The molecular weight excluding hydrogens is 363 g/mol. The SMILES string of the molecule is CNc1ccc(N)c(-c2nccc(-c3sc(C)nc3C)n2)c1C(F)(F)F. The van der Waals surface area contributed by atoms with E-state index in [1.807, 2.05) is 13.8 Å². The Balaban J connectivity index is 2.25. The first-order valence-electron chi connectivity index (χ1n) is 7.67. The van der Waals surface area contributed by atoms with E-state index in [-0.39, 0.29) is 22.8 Å². The third-order valence-electron chi connectivity index (χ3n) is 3.81. The molecule has 2 aromatic heterocycles. The number of alkyl halides is 3. The maximum absolute atomic E-state index is 13.7. The largest absolute Gasteiger partial charge is 0.419 e. The van der Waals surface area contributed by atoms with E-state index < -0.39 is 11.7 Å². The second-order valence-corrected chi connectivity index (χ2v) is 6.82. The van der Waals surface area contributed by atoms with Gasteiger partial charge in [0.1, 0.15) is 0 Å². The summed E-state index contributed by atoms with van der Waals surface area (Å²) in [4.78, 5) is 13.5. The number of aryl methyl sites for hydroxylation is 2. The molecule has 0 aliphatic heterocycles. The van der Waals surface area contributed by atoms with Crippen LogP contribution in [0.25, 0.3) is 22.0 Å². The lowest BCUT2D eigenvalue weighted by Crippen LogP contribution is -2.13. The second kappa shape index (κ2) is 6.56. The van der Waals surface area contributed by atoms with Crippen LogP contribution in [0.2, 0.25) is 0 Å². The lowest BCUT2D eigenvalue weighted by atomic mass is 10.0. The van der Waals surface area contributed by atoms with Gasteiger partial charge in [0.15, 0.2) is 5.82 Å². The fraction of sp³-hybridized carbons (Fsp3) is 0.235. The smallest absolute Gasteiger partial charge is 0.398 e. The first-order valence-corrected chi connectivity index (χ1v) is 8.49. The van der Waals surface area contributed by atoms with Gasteiger partial charge in [0.2, 0.25) is 0 Å². The van der Waals surface area contributed by atoms with Crippen molar-refractivity contribution in [1.29, 1.82) is 0 Å². The standard InChI is InChI=1S/C17H16F3N5S/c1-8-15(26-9(2)24-8)12-6-7-23-16(25-12)13-10(21)4-5-11(22-3)14(13)17(18,19)20/h4-7,22H,21H2,1-3H3. The zero-order valence-corrected chi connectivity index (χ0v) is 15.1. The highest BCUT2D eigenvalue weighted by atomic mass is 32.1. The van der Waals surface area contributed by atoms with Crippen LogP contribution in [0.4, 0.5) is 24.5 Å². The maximum Gasteiger partial charge on any atom is 0.419 e. The van der Waals surface area contributed by atoms with Gasteiger partial charge in [-0.15, -0.1) is 11.3 Å². The Hall–Kier alpha value is -2.68. The first-order chi connectivity index (χ1) is 12.2. The minimum atomic E-state index is -4.61. The molecule has 0 aliphatic carbocycles. The van der Waals surface area contributed by atoms with Gasteiger partial charge in [-0.2, -0.15) is 13.2 Å². The van der Waals surface area contributed by atoms with Crippen LogP contribution in [0.1, 0.15) is 16.3 Å². The number of aromatic nitrogens is 3. The van der Waals surface area contributed by atoms with Gasteiger partial charge < -0.3 is 11.1 Å². The summed E-state index contributed by atoms with van der Waals surface area (Å²) >= 11 is 1.43. The molecule has 0 fully saturated rings. The van der Waals surface area contributed by atoms with E-state index in [0.29, 0.717) is 5.69 Å². The molecule has 0 spiro atoms. The predicted octanol–water partition coefficient (Wildman–Crippen LogP) is 4.53. The van der Waals surface area contributed by atoms with Crippen LogP contribution in [0, 0.1) is 13.8 Å². The maximum atomic E-state index is 13.7. The Kier molecular flexibility index (Phi) is 4.57. The van der Waals surface area contributed by atoms with E-state index in [9.17, 15) is 13.2 Å². The van der Waals surface area contributed by atoms with Gasteiger partial charge in [-0.1, -0.05) is 0 Å². The van der Waals surface area contributed by atoms with Crippen molar-refractivity contribution in [3.05, 3.63) is 40.7 Å². The molecule has 3 N–H and O–H groups in total. The topological polar surface area (TPSA) is 76.7 Å². The molecule has 2 heterocycles. The summed E-state index contributed by atoms with van der Waals surface area (Å²) in [7, 11) is 1.42. The Morgan fingerprint density at radius 2 is 1.85 bits per heavy atom. The van der Waals surface area contributed by atoms with Crippen molar-refractivity contribution in [3.8, 4) is 22.0 Å². The molecule has 0 unspecified atom stereocenters. The number of benzene rings is 1. The number of nitrogen functional groups attached to an aromatic ring is 1. The van der Waals surface area contributed by atoms with Gasteiger partial charge in [0.25, 0.3) is 0 Å². The van der Waals surface area contributed by atoms with E-state index in [1.165, 1.54) is 36.7 Å². The minimum absolute atomic E-state index is 0.0364. The molecule has 3 aromatic rings. The summed E-state index contributed by atoms with van der Waals surface area (Å²) in [5.74, 6) is -0.0742. The summed E-state index contributed by atoms with van der Waals surface area (Å²) in [5, 5.41) is 3.41. The highest BCUT2D eigenvalue weighted by Crippen LogP contribution is 2.44. The summed E-state index contributed by atoms with van der Waals surface area (Å²) in [6, 6.07) is 4.35. The molecule has 0 atom stereocenters. The van der Waals surface area contributed by atoms with E-state index >= 15 is 0 Å². The van der Waals surface area contributed by atoms with Crippen LogP contribution in [0.15, 0.2) is 24.4 Å². The number of hydrogen-bond donors (Lipinski definition) is 2. The molecule has 3 rings (SSSR count). The van der Waals surface area contributed by atoms with Crippen molar-refractivity contribution in [2.75, 3.05) is 18.1 Å². The Morgan fingerprint density at radius 1 is 1.12 bits per heavy atom. The van der Waals surface area contributed by atoms with E-state index in [2.05, 4.69) is 20.3 Å². The van der Waals surface area contributed by atoms with Gasteiger partial charge in [0.05, 0.1) is 32.4 Å². The molecule has 136 valence electrons. The molecule has 0 amide bonds. The lowest BCUT2D eigenvalue weighted by Gasteiger charge is -2.18. The molecule has 0 bridgehead atoms. The normalized spacial score (nSPS) is 11.6. The van der Waals surface area contributed by atoms with Crippen molar-refractivity contribution in [2.45, 2.75) is 20.0 Å². The van der Waals surface area contributed by atoms with Crippen molar-refractivity contribution in [1.82, 2.24) is 15.0 Å². The van der Waals surface area contributed by atoms with Crippen LogP contribution < -0.4 is 11.1 Å². The van der Waals surface area contributed by atoms with Gasteiger partial charge >= 0.3 is 6.18 Å². The fourth-order valence-electron chi connectivity index (χ4n) is 2.74. The van der Waals surface area contributed by atoms with Gasteiger partial charge in [-0.3, -0.25) is 0 Å². The molecule has 0 radical (unpaired) electrons. The van der Waals surface area contributed by atoms with Crippen molar-refractivity contribution >= 4 is 22.7 Å². The Bertz CT molecular complexity index is 966. The van der Waals surface area contributed by atoms with Crippen LogP contribution in [-0.2, 0) is 6.18 Å². The van der Waals surface area contributed by atoms with Crippen LogP contribution in [0.3, 0.4) is 0 Å². The molecule has 0 aliphatic rings. The molecular formula is C17H16F3N5S. The number of halogens is 3. The number of rotatable bonds is 3. The average molecular weight is 379 g/mol. The highest BCUT2D eigenvalue weighted by Gasteiger charge is 2.38. The van der Waals surface area contributed by atoms with E-state index in [0.717, 1.165) is 15.6 Å². The van der Waals surface area contributed by atoms with Gasteiger partial charge in [0, 0.05) is 24.6 Å². The quantitative estimate of drug-likeness (QED) is 0.654. The summed E-state index contributed by atoms with van der Waals surface area (Å²) < 4.78 is 41.1. The lowest BCUT2D eigenvalue weighted by molar-refractivity contribution is -0.136. The molecule has 9 heteroatoms. The monoisotopic (exact) mass is 379 g/mol. The number of nitrogens with zero attached hydrogens (tertiary/aromatic N) is 3. The summed E-state index contributed by atoms with van der Waals surface area (Å²) in [5.41, 5.74) is 5.93. The summed E-state index contributed by atoms with van der Waals surface area (Å²) in [6.45, 7) is 3.69. The van der Waals surface area contributed by atoms with Crippen LogP contribution in [0.5, 0.6) is 0 Å². The molecule has 0 saturated heterocycles. The third-order valence-corrected chi connectivity index (χ3v) is 4.90. The zero-order valence-electron chi connectivity index (χ0n) is 14.3. The Morgan fingerprint density at radius 3 is 2.42 bits per heavy atom. The van der Waals surface area contributed by atoms with Crippen LogP contribution >= 0.6 is 11.3 Å². The van der Waals surface area contributed by atoms with Gasteiger partial charge in [-0.05, 0) is 32.0 Å². The highest BCUT2D eigenvalue weighted by molar-refractivity contribution is 7.15. The number of hydrogen-bond acceptors (Lipinski definition) is 6. The van der Waals surface area contributed by atoms with Crippen LogP contribution in [-0.4, -0.2) is 22.0 Å². The van der Waals surface area contributed by atoms with Gasteiger partial charge in [-0.25, -0.2) is 15.0 Å². The Labute approximate surface area is 152 Å². The number of anilines is 2. The fourth-order valence-corrected chi connectivity index (χ4v) is 3.63. The molecule has 0 saturated carbocycles. The van der Waals surface area contributed by atoms with Crippen molar-refractivity contribution < 1.29 is 13.2 Å². The third kappa shape index (κ3) is 3.22. The summed E-state index contributed by atoms with van der Waals surface area (Å²) in [6.07, 6.45) is -3.18. The van der Waals surface area contributed by atoms with Crippen molar-refractivity contribution in [3.63, 3.8) is 0 Å². The number of nitrogens with one attached hydrogen (secondary N) is 1. The second-order valence-electron chi connectivity index (χ2n) is 5.61. The minimum Gasteiger partial charge on any atom is -0.398 e. The zero-order chi connectivity index (χ0) is 19.1. The number of nitrogens with two attached hydrogens (primary N) is 1. The molecule has 5 nitrogen and oxygen atoms in total. The first kappa shape index (κ1) is 18.1. The average Bonchev–Trinajstić information content (AvgIpc) is 2.92. The van der Waals surface area contributed by atoms with E-state index in [1.54, 1.807) is 6.07 Å². The molecule has 26 heavy (non-hydrogen) atoms.